The summed E-state index contributed by atoms with van der Waals surface area (Å²) < 4.78 is 10.3. The predicted molar refractivity (Wildman–Crippen MR) is 69.6 cm³/mol. The highest BCUT2D eigenvalue weighted by atomic mass is 16.5. The number of hydrogen-bond acceptors (Lipinski definition) is 4. The van der Waals surface area contributed by atoms with Gasteiger partial charge in [0.15, 0.2) is 5.76 Å². The zero-order valence-electron chi connectivity index (χ0n) is 11.0. The second-order valence-electron chi connectivity index (χ2n) is 4.15. The van der Waals surface area contributed by atoms with Crippen LogP contribution in [0.4, 0.5) is 0 Å². The van der Waals surface area contributed by atoms with Crippen molar-refractivity contribution in [2.75, 3.05) is 7.11 Å². The molecule has 0 aromatic carbocycles. The minimum Gasteiger partial charge on any atom is -0.453 e. The van der Waals surface area contributed by atoms with Gasteiger partial charge in [-0.25, -0.2) is 0 Å². The van der Waals surface area contributed by atoms with Crippen molar-refractivity contribution in [3.63, 3.8) is 0 Å². The second-order valence-corrected chi connectivity index (χ2v) is 4.15. The van der Waals surface area contributed by atoms with Crippen molar-refractivity contribution >= 4 is 5.91 Å². The number of nitrogens with zero attached hydrogens (tertiary/aromatic N) is 1. The first-order valence-electron chi connectivity index (χ1n) is 5.97. The highest BCUT2D eigenvalue weighted by Gasteiger charge is 2.11. The molecule has 0 fully saturated rings. The number of methoxy groups -OCH3 is 1. The average molecular weight is 260 g/mol. The molecule has 2 rings (SSSR count). The molecule has 0 aliphatic rings. The molecule has 0 bridgehead atoms. The van der Waals surface area contributed by atoms with Gasteiger partial charge in [0.05, 0.1) is 12.2 Å². The summed E-state index contributed by atoms with van der Waals surface area (Å²) in [5.41, 5.74) is 1.89. The van der Waals surface area contributed by atoms with Gasteiger partial charge in [0.2, 0.25) is 0 Å². The third-order valence-corrected chi connectivity index (χ3v) is 2.71. The first-order chi connectivity index (χ1) is 9.20. The van der Waals surface area contributed by atoms with Crippen molar-refractivity contribution in [3.8, 4) is 0 Å². The van der Waals surface area contributed by atoms with Gasteiger partial charge in [-0.3, -0.25) is 9.78 Å². The largest absolute Gasteiger partial charge is 0.453 e. The number of aromatic nitrogens is 1. The van der Waals surface area contributed by atoms with Crippen molar-refractivity contribution in [1.29, 1.82) is 0 Å². The fourth-order valence-corrected chi connectivity index (χ4v) is 1.67. The van der Waals surface area contributed by atoms with E-state index in [2.05, 4.69) is 10.3 Å². The molecule has 100 valence electrons. The topological polar surface area (TPSA) is 64.4 Å². The van der Waals surface area contributed by atoms with Gasteiger partial charge in [-0.15, -0.1) is 0 Å². The van der Waals surface area contributed by atoms with E-state index in [9.17, 15) is 4.79 Å². The molecule has 1 amide bonds. The second kappa shape index (κ2) is 6.15. The van der Waals surface area contributed by atoms with Gasteiger partial charge in [0, 0.05) is 13.3 Å². The molecule has 0 unspecified atom stereocenters. The number of hydrogen-bond donors (Lipinski definition) is 1. The Kier molecular flexibility index (Phi) is 4.30. The van der Waals surface area contributed by atoms with Crippen LogP contribution in [0.1, 0.15) is 27.6 Å². The molecule has 0 saturated heterocycles. The van der Waals surface area contributed by atoms with Crippen LogP contribution in [0.3, 0.4) is 0 Å². The van der Waals surface area contributed by atoms with E-state index < -0.39 is 0 Å². The fraction of sp³-hybridized carbons (Fsp3) is 0.286. The van der Waals surface area contributed by atoms with Gasteiger partial charge < -0.3 is 14.5 Å². The Morgan fingerprint density at radius 3 is 3.00 bits per heavy atom. The van der Waals surface area contributed by atoms with Gasteiger partial charge in [-0.05, 0) is 30.7 Å². The minimum absolute atomic E-state index is 0.257. The number of ether oxygens (including phenoxy) is 1. The SMILES string of the molecule is COCc1ccc(C(=O)NCc2ncccc2C)o1. The van der Waals surface area contributed by atoms with Crippen LogP contribution in [0.15, 0.2) is 34.9 Å². The van der Waals surface area contributed by atoms with Gasteiger partial charge >= 0.3 is 0 Å². The standard InChI is InChI=1S/C14H16N2O3/c1-10-4-3-7-15-12(10)8-16-14(17)13-6-5-11(19-13)9-18-2/h3-7H,8-9H2,1-2H3,(H,16,17). The van der Waals surface area contributed by atoms with Crippen LogP contribution in [0.25, 0.3) is 0 Å². The first kappa shape index (κ1) is 13.3. The summed E-state index contributed by atoms with van der Waals surface area (Å²) in [5, 5.41) is 2.78. The molecule has 2 aromatic heterocycles. The molecular weight excluding hydrogens is 244 g/mol. The smallest absolute Gasteiger partial charge is 0.287 e. The monoisotopic (exact) mass is 260 g/mol. The van der Waals surface area contributed by atoms with Crippen molar-refractivity contribution in [2.24, 2.45) is 0 Å². The molecule has 0 aliphatic carbocycles. The molecule has 0 radical (unpaired) electrons. The van der Waals surface area contributed by atoms with Gasteiger partial charge in [-0.1, -0.05) is 6.07 Å². The zero-order valence-corrected chi connectivity index (χ0v) is 11.0. The molecule has 2 aromatic rings. The van der Waals surface area contributed by atoms with Crippen LogP contribution in [-0.4, -0.2) is 18.0 Å². The van der Waals surface area contributed by atoms with Gasteiger partial charge in [0.25, 0.3) is 5.91 Å². The Morgan fingerprint density at radius 1 is 1.42 bits per heavy atom. The molecule has 5 nitrogen and oxygen atoms in total. The molecule has 0 spiro atoms. The number of carbonyl (C=O) groups is 1. The van der Waals surface area contributed by atoms with E-state index >= 15 is 0 Å². The molecule has 2 heterocycles. The summed E-state index contributed by atoms with van der Waals surface area (Å²) in [6, 6.07) is 7.18. The van der Waals surface area contributed by atoms with Crippen molar-refractivity contribution in [3.05, 3.63) is 53.2 Å². The van der Waals surface area contributed by atoms with E-state index in [4.69, 9.17) is 9.15 Å². The van der Waals surface area contributed by atoms with Crippen molar-refractivity contribution < 1.29 is 13.9 Å². The number of rotatable bonds is 5. The molecule has 19 heavy (non-hydrogen) atoms. The molecular formula is C14H16N2O3. The maximum atomic E-state index is 11.9. The number of nitrogens with one attached hydrogen (secondary N) is 1. The maximum Gasteiger partial charge on any atom is 0.287 e. The summed E-state index contributed by atoms with van der Waals surface area (Å²) in [6.07, 6.45) is 1.71. The Labute approximate surface area is 111 Å². The van der Waals surface area contributed by atoms with E-state index in [1.165, 1.54) is 0 Å². The van der Waals surface area contributed by atoms with Gasteiger partial charge in [0.1, 0.15) is 12.4 Å². The molecule has 0 atom stereocenters. The van der Waals surface area contributed by atoms with Crippen LogP contribution >= 0.6 is 0 Å². The van der Waals surface area contributed by atoms with Crippen LogP contribution in [0.5, 0.6) is 0 Å². The summed E-state index contributed by atoms with van der Waals surface area (Å²) in [7, 11) is 1.58. The molecule has 5 heteroatoms. The fourth-order valence-electron chi connectivity index (χ4n) is 1.67. The third kappa shape index (κ3) is 3.42. The molecule has 0 saturated carbocycles. The first-order valence-corrected chi connectivity index (χ1v) is 5.97. The average Bonchev–Trinajstić information content (AvgIpc) is 2.87. The Balaban J connectivity index is 1.95. The number of amides is 1. The van der Waals surface area contributed by atoms with Crippen LogP contribution < -0.4 is 5.32 Å². The van der Waals surface area contributed by atoms with E-state index in [1.807, 2.05) is 19.1 Å². The number of aryl methyl sites for hydroxylation is 1. The lowest BCUT2D eigenvalue weighted by Gasteiger charge is -2.05. The van der Waals surface area contributed by atoms with Crippen LogP contribution in [0.2, 0.25) is 0 Å². The highest BCUT2D eigenvalue weighted by Crippen LogP contribution is 2.09. The molecule has 0 aliphatic heterocycles. The Morgan fingerprint density at radius 2 is 2.26 bits per heavy atom. The summed E-state index contributed by atoms with van der Waals surface area (Å²) in [6.45, 7) is 2.69. The van der Waals surface area contributed by atoms with E-state index in [0.29, 0.717) is 18.9 Å². The summed E-state index contributed by atoms with van der Waals surface area (Å²) in [4.78, 5) is 16.1. The Hall–Kier alpha value is -2.14. The van der Waals surface area contributed by atoms with Crippen molar-refractivity contribution in [2.45, 2.75) is 20.1 Å². The lowest BCUT2D eigenvalue weighted by Crippen LogP contribution is -2.23. The third-order valence-electron chi connectivity index (χ3n) is 2.71. The van der Waals surface area contributed by atoms with E-state index in [1.54, 1.807) is 25.4 Å². The summed E-state index contributed by atoms with van der Waals surface area (Å²) in [5.74, 6) is 0.648. The van der Waals surface area contributed by atoms with Crippen LogP contribution in [0, 0.1) is 6.92 Å². The predicted octanol–water partition coefficient (Wildman–Crippen LogP) is 2.06. The van der Waals surface area contributed by atoms with E-state index in [0.717, 1.165) is 11.3 Å². The normalized spacial score (nSPS) is 10.4. The number of furan rings is 1. The van der Waals surface area contributed by atoms with E-state index in [-0.39, 0.29) is 11.7 Å². The lowest BCUT2D eigenvalue weighted by atomic mass is 10.2. The number of pyridine rings is 1. The van der Waals surface area contributed by atoms with Crippen molar-refractivity contribution in [1.82, 2.24) is 10.3 Å². The lowest BCUT2D eigenvalue weighted by molar-refractivity contribution is 0.0914. The number of carbonyl (C=O) groups excluding carboxylic acids is 1. The quantitative estimate of drug-likeness (QED) is 0.893. The highest BCUT2D eigenvalue weighted by molar-refractivity contribution is 5.91. The maximum absolute atomic E-state index is 11.9. The van der Waals surface area contributed by atoms with Crippen LogP contribution in [-0.2, 0) is 17.9 Å². The Bertz CT molecular complexity index is 563. The zero-order chi connectivity index (χ0) is 13.7. The minimum atomic E-state index is -0.257. The summed E-state index contributed by atoms with van der Waals surface area (Å²) >= 11 is 0. The van der Waals surface area contributed by atoms with Gasteiger partial charge in [-0.2, -0.15) is 0 Å². The molecule has 1 N–H and O–H groups in total.